The summed E-state index contributed by atoms with van der Waals surface area (Å²) in [5.74, 6) is 0.503. The predicted molar refractivity (Wildman–Crippen MR) is 102 cm³/mol. The zero-order chi connectivity index (χ0) is 18.5. The molecule has 2 aromatic carbocycles. The molecule has 1 amide bonds. The van der Waals surface area contributed by atoms with Gasteiger partial charge in [0, 0.05) is 48.7 Å². The summed E-state index contributed by atoms with van der Waals surface area (Å²) >= 11 is 1.66. The highest BCUT2D eigenvalue weighted by molar-refractivity contribution is 7.98. The van der Waals surface area contributed by atoms with Crippen LogP contribution >= 0.6 is 11.8 Å². The number of hydrogen-bond acceptors (Lipinski definition) is 4. The molecule has 0 aliphatic carbocycles. The first-order valence-corrected chi connectivity index (χ1v) is 9.81. The first kappa shape index (κ1) is 18.7. The summed E-state index contributed by atoms with van der Waals surface area (Å²) in [6, 6.07) is 12.3. The summed E-state index contributed by atoms with van der Waals surface area (Å²) in [6.45, 7) is 3.47. The minimum atomic E-state index is -0.261. The van der Waals surface area contributed by atoms with E-state index < -0.39 is 0 Å². The average molecular weight is 374 g/mol. The fourth-order valence-corrected chi connectivity index (χ4v) is 3.55. The van der Waals surface area contributed by atoms with Crippen LogP contribution in [0.15, 0.2) is 47.4 Å². The van der Waals surface area contributed by atoms with Crippen molar-refractivity contribution >= 4 is 17.7 Å². The van der Waals surface area contributed by atoms with Gasteiger partial charge in [-0.25, -0.2) is 4.39 Å². The van der Waals surface area contributed by atoms with Gasteiger partial charge in [0.2, 0.25) is 0 Å². The summed E-state index contributed by atoms with van der Waals surface area (Å²) in [6.07, 6.45) is 2.02. The third-order valence-electron chi connectivity index (χ3n) is 4.63. The lowest BCUT2D eigenvalue weighted by atomic mass is 10.1. The number of methoxy groups -OCH3 is 1. The molecule has 0 atom stereocenters. The van der Waals surface area contributed by atoms with Crippen LogP contribution in [-0.2, 0) is 6.54 Å². The van der Waals surface area contributed by atoms with Crippen LogP contribution in [0.25, 0.3) is 0 Å². The van der Waals surface area contributed by atoms with Gasteiger partial charge in [-0.2, -0.15) is 0 Å². The molecule has 0 aromatic heterocycles. The van der Waals surface area contributed by atoms with Gasteiger partial charge in [-0.05, 0) is 48.7 Å². The zero-order valence-electron chi connectivity index (χ0n) is 15.1. The van der Waals surface area contributed by atoms with Crippen molar-refractivity contribution in [2.75, 3.05) is 39.5 Å². The van der Waals surface area contributed by atoms with E-state index in [1.807, 2.05) is 35.4 Å². The number of ether oxygens (including phenoxy) is 1. The van der Waals surface area contributed by atoms with Crippen LogP contribution in [0.2, 0.25) is 0 Å². The van der Waals surface area contributed by atoms with Crippen molar-refractivity contribution in [1.82, 2.24) is 9.80 Å². The van der Waals surface area contributed by atoms with E-state index in [0.29, 0.717) is 25.4 Å². The molecular formula is C20H23FN2O2S. The van der Waals surface area contributed by atoms with E-state index in [0.717, 1.165) is 29.1 Å². The molecule has 0 radical (unpaired) electrons. The van der Waals surface area contributed by atoms with Crippen molar-refractivity contribution in [3.8, 4) is 5.75 Å². The first-order chi connectivity index (χ1) is 12.6. The standard InChI is InChI=1S/C20H23FN2O2S/c1-25-19-8-5-17(21)13-16(19)14-22-9-11-23(12-10-22)20(24)15-3-6-18(26-2)7-4-15/h3-8,13H,9-12,14H2,1-2H3. The molecule has 2 aromatic rings. The Balaban J connectivity index is 1.58. The van der Waals surface area contributed by atoms with Crippen LogP contribution in [0.5, 0.6) is 5.75 Å². The van der Waals surface area contributed by atoms with Gasteiger partial charge >= 0.3 is 0 Å². The topological polar surface area (TPSA) is 32.8 Å². The molecule has 1 heterocycles. The van der Waals surface area contributed by atoms with Crippen LogP contribution in [0.3, 0.4) is 0 Å². The predicted octanol–water partition coefficient (Wildman–Crippen LogP) is 3.51. The molecule has 6 heteroatoms. The molecular weight excluding hydrogens is 351 g/mol. The van der Waals surface area contributed by atoms with Crippen LogP contribution in [0.4, 0.5) is 4.39 Å². The number of piperazine rings is 1. The fourth-order valence-electron chi connectivity index (χ4n) is 3.14. The number of carbonyl (C=O) groups is 1. The number of nitrogens with zero attached hydrogens (tertiary/aromatic N) is 2. The third kappa shape index (κ3) is 4.37. The molecule has 0 bridgehead atoms. The maximum Gasteiger partial charge on any atom is 0.253 e. The fraction of sp³-hybridized carbons (Fsp3) is 0.350. The monoisotopic (exact) mass is 374 g/mol. The van der Waals surface area contributed by atoms with E-state index in [2.05, 4.69) is 4.90 Å². The second kappa shape index (κ2) is 8.56. The number of hydrogen-bond donors (Lipinski definition) is 0. The Labute approximate surface area is 157 Å². The van der Waals surface area contributed by atoms with Gasteiger partial charge in [-0.15, -0.1) is 11.8 Å². The van der Waals surface area contributed by atoms with Crippen molar-refractivity contribution in [3.63, 3.8) is 0 Å². The van der Waals surface area contributed by atoms with Gasteiger partial charge in [0.15, 0.2) is 0 Å². The molecule has 1 aliphatic heterocycles. The van der Waals surface area contributed by atoms with E-state index in [1.165, 1.54) is 12.1 Å². The highest BCUT2D eigenvalue weighted by Crippen LogP contribution is 2.22. The summed E-state index contributed by atoms with van der Waals surface area (Å²) in [7, 11) is 1.59. The normalized spacial score (nSPS) is 15.1. The molecule has 26 heavy (non-hydrogen) atoms. The van der Waals surface area contributed by atoms with E-state index in [4.69, 9.17) is 4.74 Å². The number of amides is 1. The largest absolute Gasteiger partial charge is 0.496 e. The Kier molecular flexibility index (Phi) is 6.16. The molecule has 1 saturated heterocycles. The molecule has 0 N–H and O–H groups in total. The minimum Gasteiger partial charge on any atom is -0.496 e. The Morgan fingerprint density at radius 2 is 1.81 bits per heavy atom. The molecule has 0 saturated carbocycles. The summed E-state index contributed by atoms with van der Waals surface area (Å²) in [5.41, 5.74) is 1.56. The summed E-state index contributed by atoms with van der Waals surface area (Å²) in [4.78, 5) is 17.9. The van der Waals surface area contributed by atoms with E-state index in [-0.39, 0.29) is 11.7 Å². The van der Waals surface area contributed by atoms with Crippen molar-refractivity contribution in [2.24, 2.45) is 0 Å². The van der Waals surface area contributed by atoms with Crippen LogP contribution in [0, 0.1) is 5.82 Å². The maximum atomic E-state index is 13.5. The van der Waals surface area contributed by atoms with Gasteiger partial charge in [-0.1, -0.05) is 0 Å². The van der Waals surface area contributed by atoms with Crippen molar-refractivity contribution in [2.45, 2.75) is 11.4 Å². The van der Waals surface area contributed by atoms with Crippen LogP contribution < -0.4 is 4.74 Å². The quantitative estimate of drug-likeness (QED) is 0.750. The molecule has 0 spiro atoms. The third-order valence-corrected chi connectivity index (χ3v) is 5.38. The molecule has 138 valence electrons. The maximum absolute atomic E-state index is 13.5. The van der Waals surface area contributed by atoms with E-state index >= 15 is 0 Å². The molecule has 3 rings (SSSR count). The Morgan fingerprint density at radius 1 is 1.12 bits per heavy atom. The number of carbonyl (C=O) groups excluding carboxylic acids is 1. The number of rotatable bonds is 5. The van der Waals surface area contributed by atoms with Gasteiger partial charge in [0.1, 0.15) is 11.6 Å². The number of halogens is 1. The van der Waals surface area contributed by atoms with Gasteiger partial charge in [0.25, 0.3) is 5.91 Å². The molecule has 4 nitrogen and oxygen atoms in total. The second-order valence-electron chi connectivity index (χ2n) is 6.25. The van der Waals surface area contributed by atoms with Gasteiger partial charge in [-0.3, -0.25) is 9.69 Å². The average Bonchev–Trinajstić information content (AvgIpc) is 2.68. The van der Waals surface area contributed by atoms with Gasteiger partial charge in [0.05, 0.1) is 7.11 Å². The summed E-state index contributed by atoms with van der Waals surface area (Å²) < 4.78 is 18.8. The number of thioether (sulfide) groups is 1. The molecule has 0 unspecified atom stereocenters. The number of benzene rings is 2. The Hall–Kier alpha value is -2.05. The highest BCUT2D eigenvalue weighted by Gasteiger charge is 2.23. The van der Waals surface area contributed by atoms with Gasteiger partial charge < -0.3 is 9.64 Å². The SMILES string of the molecule is COc1ccc(F)cc1CN1CCN(C(=O)c2ccc(SC)cc2)CC1. The van der Waals surface area contributed by atoms with E-state index in [9.17, 15) is 9.18 Å². The van der Waals surface area contributed by atoms with Crippen LogP contribution in [-0.4, -0.2) is 55.3 Å². The lowest BCUT2D eigenvalue weighted by Crippen LogP contribution is -2.48. The zero-order valence-corrected chi connectivity index (χ0v) is 15.9. The van der Waals surface area contributed by atoms with E-state index in [1.54, 1.807) is 24.9 Å². The van der Waals surface area contributed by atoms with Crippen LogP contribution in [0.1, 0.15) is 15.9 Å². The second-order valence-corrected chi connectivity index (χ2v) is 7.13. The smallest absolute Gasteiger partial charge is 0.253 e. The highest BCUT2D eigenvalue weighted by atomic mass is 32.2. The van der Waals surface area contributed by atoms with Crippen molar-refractivity contribution in [1.29, 1.82) is 0 Å². The molecule has 1 aliphatic rings. The molecule has 1 fully saturated rings. The Morgan fingerprint density at radius 3 is 2.42 bits per heavy atom. The Bertz CT molecular complexity index is 759. The lowest BCUT2D eigenvalue weighted by Gasteiger charge is -2.35. The van der Waals surface area contributed by atoms with Crippen molar-refractivity contribution in [3.05, 3.63) is 59.4 Å². The summed E-state index contributed by atoms with van der Waals surface area (Å²) in [5, 5.41) is 0. The van der Waals surface area contributed by atoms with Crippen molar-refractivity contribution < 1.29 is 13.9 Å². The first-order valence-electron chi connectivity index (χ1n) is 8.59. The lowest BCUT2D eigenvalue weighted by molar-refractivity contribution is 0.0627. The minimum absolute atomic E-state index is 0.0700.